The first kappa shape index (κ1) is 11.0. The molecule has 0 atom stereocenters. The third kappa shape index (κ3) is 1.78. The third-order valence-electron chi connectivity index (χ3n) is 3.04. The molecule has 0 aliphatic carbocycles. The van der Waals surface area contributed by atoms with Gasteiger partial charge in [-0.1, -0.05) is 0 Å². The third-order valence-corrected chi connectivity index (χ3v) is 3.04. The molecule has 3 heterocycles. The van der Waals surface area contributed by atoms with Crippen LogP contribution in [0.5, 0.6) is 0 Å². The minimum Gasteiger partial charge on any atom is -0.326 e. The Morgan fingerprint density at radius 2 is 2.22 bits per heavy atom. The molecule has 18 heavy (non-hydrogen) atoms. The Balaban J connectivity index is 2.06. The molecule has 0 bridgehead atoms. The van der Waals surface area contributed by atoms with Gasteiger partial charge < -0.3 is 10.3 Å². The van der Waals surface area contributed by atoms with Gasteiger partial charge >= 0.3 is 0 Å². The summed E-state index contributed by atoms with van der Waals surface area (Å²) in [5, 5.41) is 5.51. The van der Waals surface area contributed by atoms with E-state index in [1.54, 1.807) is 10.9 Å². The van der Waals surface area contributed by atoms with Crippen LogP contribution >= 0.6 is 0 Å². The van der Waals surface area contributed by atoms with E-state index in [0.29, 0.717) is 13.1 Å². The highest BCUT2D eigenvalue weighted by Crippen LogP contribution is 2.19. The molecule has 0 saturated heterocycles. The van der Waals surface area contributed by atoms with Crippen molar-refractivity contribution in [1.29, 1.82) is 0 Å². The number of hydrogen-bond donors (Lipinski definition) is 1. The second-order valence-electron chi connectivity index (χ2n) is 4.34. The Morgan fingerprint density at radius 1 is 1.33 bits per heavy atom. The van der Waals surface area contributed by atoms with Crippen molar-refractivity contribution in [3.63, 3.8) is 0 Å². The predicted octanol–water partition coefficient (Wildman–Crippen LogP) is 1.28. The molecule has 0 spiro atoms. The van der Waals surface area contributed by atoms with Gasteiger partial charge in [0.25, 0.3) is 0 Å². The van der Waals surface area contributed by atoms with E-state index >= 15 is 0 Å². The van der Waals surface area contributed by atoms with Crippen molar-refractivity contribution in [2.24, 2.45) is 12.8 Å². The quantitative estimate of drug-likeness (QED) is 0.751. The maximum absolute atomic E-state index is 5.77. The number of aryl methyl sites for hydroxylation is 1. The van der Waals surface area contributed by atoms with E-state index in [-0.39, 0.29) is 0 Å². The lowest BCUT2D eigenvalue weighted by atomic mass is 10.2. The number of fused-ring (bicyclic) bond motifs is 1. The van der Waals surface area contributed by atoms with E-state index in [4.69, 9.17) is 5.73 Å². The van der Waals surface area contributed by atoms with Crippen LogP contribution in [0.15, 0.2) is 36.8 Å². The number of pyridine rings is 1. The van der Waals surface area contributed by atoms with Crippen LogP contribution in [0.2, 0.25) is 0 Å². The molecule has 0 aromatic carbocycles. The van der Waals surface area contributed by atoms with Gasteiger partial charge in [-0.3, -0.25) is 4.68 Å². The summed E-state index contributed by atoms with van der Waals surface area (Å²) in [4.78, 5) is 4.43. The van der Waals surface area contributed by atoms with Gasteiger partial charge in [0.15, 0.2) is 0 Å². The summed E-state index contributed by atoms with van der Waals surface area (Å²) in [7, 11) is 1.92. The van der Waals surface area contributed by atoms with Crippen LogP contribution in [-0.4, -0.2) is 19.3 Å². The molecule has 92 valence electrons. The van der Waals surface area contributed by atoms with E-state index < -0.39 is 0 Å². The van der Waals surface area contributed by atoms with E-state index in [1.807, 2.05) is 25.4 Å². The molecule has 3 aromatic heterocycles. The topological polar surface area (TPSA) is 61.7 Å². The Bertz CT molecular complexity index is 680. The highest BCUT2D eigenvalue weighted by atomic mass is 15.3. The summed E-state index contributed by atoms with van der Waals surface area (Å²) in [5.74, 6) is 0. The maximum atomic E-state index is 5.77. The van der Waals surface area contributed by atoms with Crippen LogP contribution in [0.4, 0.5) is 0 Å². The SMILES string of the molecule is Cn1ccc(Cn2cc(CN)c3cccnc32)n1. The van der Waals surface area contributed by atoms with Gasteiger partial charge in [-0.05, 0) is 23.8 Å². The molecule has 5 nitrogen and oxygen atoms in total. The molecular formula is C13H15N5. The summed E-state index contributed by atoms with van der Waals surface area (Å²) in [5.41, 5.74) is 8.86. The lowest BCUT2D eigenvalue weighted by molar-refractivity contribution is 0.713. The van der Waals surface area contributed by atoms with Gasteiger partial charge in [0, 0.05) is 37.6 Å². The summed E-state index contributed by atoms with van der Waals surface area (Å²) >= 11 is 0. The van der Waals surface area contributed by atoms with Gasteiger partial charge in [0.05, 0.1) is 12.2 Å². The first-order chi connectivity index (χ1) is 8.78. The van der Waals surface area contributed by atoms with Crippen LogP contribution in [0.3, 0.4) is 0 Å². The molecule has 0 amide bonds. The maximum Gasteiger partial charge on any atom is 0.140 e. The average Bonchev–Trinajstić information content (AvgIpc) is 2.95. The van der Waals surface area contributed by atoms with Crippen molar-refractivity contribution in [3.05, 3.63) is 48.0 Å². The molecule has 3 rings (SSSR count). The van der Waals surface area contributed by atoms with Gasteiger partial charge in [0.2, 0.25) is 0 Å². The standard InChI is InChI=1S/C13H15N5/c1-17-6-4-11(16-17)9-18-8-10(7-14)12-3-2-5-15-13(12)18/h2-6,8H,7,9,14H2,1H3. The summed E-state index contributed by atoms with van der Waals surface area (Å²) in [6, 6.07) is 6.00. The Hall–Kier alpha value is -2.14. The normalized spacial score (nSPS) is 11.2. The molecule has 0 unspecified atom stereocenters. The second kappa shape index (κ2) is 4.27. The van der Waals surface area contributed by atoms with Crippen molar-refractivity contribution < 1.29 is 0 Å². The van der Waals surface area contributed by atoms with Gasteiger partial charge in [-0.2, -0.15) is 5.10 Å². The highest BCUT2D eigenvalue weighted by molar-refractivity contribution is 5.80. The largest absolute Gasteiger partial charge is 0.326 e. The van der Waals surface area contributed by atoms with Crippen LogP contribution in [0.25, 0.3) is 11.0 Å². The molecule has 3 aromatic rings. The minimum absolute atomic E-state index is 0.525. The number of aromatic nitrogens is 4. The summed E-state index contributed by atoms with van der Waals surface area (Å²) in [6.07, 6.45) is 5.81. The zero-order chi connectivity index (χ0) is 12.5. The molecule has 0 aliphatic heterocycles. The zero-order valence-corrected chi connectivity index (χ0v) is 10.2. The Kier molecular flexibility index (Phi) is 2.60. The van der Waals surface area contributed by atoms with Crippen LogP contribution in [-0.2, 0) is 20.1 Å². The predicted molar refractivity (Wildman–Crippen MR) is 69.9 cm³/mol. The van der Waals surface area contributed by atoms with E-state index in [0.717, 1.165) is 22.3 Å². The van der Waals surface area contributed by atoms with E-state index in [9.17, 15) is 0 Å². The molecule has 0 radical (unpaired) electrons. The molecule has 0 saturated carbocycles. The van der Waals surface area contributed by atoms with Crippen molar-refractivity contribution in [3.8, 4) is 0 Å². The first-order valence-electron chi connectivity index (χ1n) is 5.89. The number of nitrogens with two attached hydrogens (primary N) is 1. The van der Waals surface area contributed by atoms with Gasteiger partial charge in [-0.25, -0.2) is 4.98 Å². The fourth-order valence-electron chi connectivity index (χ4n) is 2.20. The van der Waals surface area contributed by atoms with Crippen molar-refractivity contribution >= 4 is 11.0 Å². The van der Waals surface area contributed by atoms with Crippen LogP contribution < -0.4 is 5.73 Å². The molecule has 0 aliphatic rings. The van der Waals surface area contributed by atoms with Crippen LogP contribution in [0.1, 0.15) is 11.3 Å². The second-order valence-corrected chi connectivity index (χ2v) is 4.34. The summed E-state index contributed by atoms with van der Waals surface area (Å²) in [6.45, 7) is 1.24. The van der Waals surface area contributed by atoms with Crippen molar-refractivity contribution in [2.75, 3.05) is 0 Å². The number of rotatable bonds is 3. The van der Waals surface area contributed by atoms with E-state index in [2.05, 4.69) is 26.9 Å². The zero-order valence-electron chi connectivity index (χ0n) is 10.2. The molecule has 2 N–H and O–H groups in total. The van der Waals surface area contributed by atoms with Gasteiger partial charge in [-0.15, -0.1) is 0 Å². The first-order valence-corrected chi connectivity index (χ1v) is 5.89. The molecule has 5 heteroatoms. The van der Waals surface area contributed by atoms with Crippen molar-refractivity contribution in [1.82, 2.24) is 19.3 Å². The fraction of sp³-hybridized carbons (Fsp3) is 0.231. The van der Waals surface area contributed by atoms with Crippen molar-refractivity contribution in [2.45, 2.75) is 13.1 Å². The number of hydrogen-bond acceptors (Lipinski definition) is 3. The number of nitrogens with zero attached hydrogens (tertiary/aromatic N) is 4. The smallest absolute Gasteiger partial charge is 0.140 e. The average molecular weight is 241 g/mol. The Labute approximate surface area is 105 Å². The lowest BCUT2D eigenvalue weighted by Crippen LogP contribution is -2.01. The van der Waals surface area contributed by atoms with Crippen LogP contribution in [0, 0.1) is 0 Å². The highest BCUT2D eigenvalue weighted by Gasteiger charge is 2.09. The Morgan fingerprint density at radius 3 is 2.94 bits per heavy atom. The summed E-state index contributed by atoms with van der Waals surface area (Å²) < 4.78 is 3.90. The monoisotopic (exact) mass is 241 g/mol. The molecular weight excluding hydrogens is 226 g/mol. The molecule has 0 fully saturated rings. The fourth-order valence-corrected chi connectivity index (χ4v) is 2.20. The minimum atomic E-state index is 0.525. The van der Waals surface area contributed by atoms with E-state index in [1.165, 1.54) is 0 Å². The lowest BCUT2D eigenvalue weighted by Gasteiger charge is -2.01. The van der Waals surface area contributed by atoms with Gasteiger partial charge in [0.1, 0.15) is 5.65 Å².